The highest BCUT2D eigenvalue weighted by Gasteiger charge is 2.38. The van der Waals surface area contributed by atoms with Gasteiger partial charge in [0.2, 0.25) is 12.5 Å². The summed E-state index contributed by atoms with van der Waals surface area (Å²) < 4.78 is 29.7. The van der Waals surface area contributed by atoms with E-state index in [2.05, 4.69) is 4.74 Å². The third kappa shape index (κ3) is 4.50. The zero-order chi connectivity index (χ0) is 12.7. The third-order valence-corrected chi connectivity index (χ3v) is 2.21. The van der Waals surface area contributed by atoms with Gasteiger partial charge in [-0.3, -0.25) is 14.9 Å². The summed E-state index contributed by atoms with van der Waals surface area (Å²) in [5.74, 6) is -2.41. The average molecular weight is 239 g/mol. The van der Waals surface area contributed by atoms with E-state index in [0.717, 1.165) is 0 Å². The van der Waals surface area contributed by atoms with Crippen LogP contribution in [0.2, 0.25) is 0 Å². The Kier molecular flexibility index (Phi) is 6.52. The Labute approximate surface area is 91.9 Å². The van der Waals surface area contributed by atoms with E-state index in [1.807, 2.05) is 0 Å². The lowest BCUT2D eigenvalue weighted by Gasteiger charge is -2.18. The fourth-order valence-electron chi connectivity index (χ4n) is 1.41. The second-order valence-corrected chi connectivity index (χ2v) is 3.27. The van der Waals surface area contributed by atoms with Crippen molar-refractivity contribution in [2.24, 2.45) is 5.92 Å². The standard InChI is InChI=1S/C9H15F2NO4/c1-3-7(12(14)15)6(9(10)11)5-8(13)16-4-2/h6-7,9H,3-5H2,1-2H3. The lowest BCUT2D eigenvalue weighted by atomic mass is 9.95. The van der Waals surface area contributed by atoms with Crippen molar-refractivity contribution in [2.75, 3.05) is 6.61 Å². The minimum Gasteiger partial charge on any atom is -0.466 e. The summed E-state index contributed by atoms with van der Waals surface area (Å²) in [6.45, 7) is 3.05. The van der Waals surface area contributed by atoms with E-state index >= 15 is 0 Å². The number of hydrogen-bond donors (Lipinski definition) is 0. The Morgan fingerprint density at radius 3 is 2.31 bits per heavy atom. The van der Waals surface area contributed by atoms with Gasteiger partial charge in [-0.05, 0) is 6.92 Å². The van der Waals surface area contributed by atoms with Crippen molar-refractivity contribution < 1.29 is 23.2 Å². The number of hydrogen-bond acceptors (Lipinski definition) is 4. The molecule has 0 saturated carbocycles. The molecule has 5 nitrogen and oxygen atoms in total. The molecular weight excluding hydrogens is 224 g/mol. The molecule has 2 atom stereocenters. The van der Waals surface area contributed by atoms with Crippen LogP contribution in [-0.2, 0) is 9.53 Å². The van der Waals surface area contributed by atoms with Crippen LogP contribution in [0.15, 0.2) is 0 Å². The largest absolute Gasteiger partial charge is 0.466 e. The number of carbonyl (C=O) groups excluding carboxylic acids is 1. The number of ether oxygens (including phenoxy) is 1. The van der Waals surface area contributed by atoms with Crippen LogP contribution in [0.1, 0.15) is 26.7 Å². The molecule has 0 radical (unpaired) electrons. The Hall–Kier alpha value is -1.27. The monoisotopic (exact) mass is 239 g/mol. The van der Waals surface area contributed by atoms with Crippen LogP contribution in [-0.4, -0.2) is 30.0 Å². The third-order valence-electron chi connectivity index (χ3n) is 2.21. The maximum absolute atomic E-state index is 12.6. The Morgan fingerprint density at radius 2 is 2.00 bits per heavy atom. The summed E-state index contributed by atoms with van der Waals surface area (Å²) in [6.07, 6.45) is -3.56. The first kappa shape index (κ1) is 14.7. The van der Waals surface area contributed by atoms with Gasteiger partial charge < -0.3 is 4.74 Å². The molecule has 2 unspecified atom stereocenters. The molecule has 0 rings (SSSR count). The van der Waals surface area contributed by atoms with Crippen LogP contribution in [0, 0.1) is 16.0 Å². The maximum Gasteiger partial charge on any atom is 0.306 e. The minimum atomic E-state index is -2.90. The van der Waals surface area contributed by atoms with Crippen LogP contribution in [0.5, 0.6) is 0 Å². The normalized spacial score (nSPS) is 14.6. The second kappa shape index (κ2) is 7.08. The van der Waals surface area contributed by atoms with E-state index in [1.165, 1.54) is 6.92 Å². The lowest BCUT2D eigenvalue weighted by molar-refractivity contribution is -0.535. The Morgan fingerprint density at radius 1 is 1.44 bits per heavy atom. The molecule has 0 bridgehead atoms. The number of alkyl halides is 2. The summed E-state index contributed by atoms with van der Waals surface area (Å²) in [5, 5.41) is 10.5. The van der Waals surface area contributed by atoms with Crippen molar-refractivity contribution >= 4 is 5.97 Å². The van der Waals surface area contributed by atoms with Gasteiger partial charge in [-0.25, -0.2) is 8.78 Å². The molecule has 7 heteroatoms. The maximum atomic E-state index is 12.6. The highest BCUT2D eigenvalue weighted by molar-refractivity contribution is 5.69. The van der Waals surface area contributed by atoms with E-state index in [0.29, 0.717) is 0 Å². The Bertz CT molecular complexity index is 248. The van der Waals surface area contributed by atoms with Gasteiger partial charge in [-0.2, -0.15) is 0 Å². The summed E-state index contributed by atoms with van der Waals surface area (Å²) >= 11 is 0. The van der Waals surface area contributed by atoms with E-state index in [1.54, 1.807) is 6.92 Å². The highest BCUT2D eigenvalue weighted by atomic mass is 19.3. The Balaban J connectivity index is 4.59. The number of halogens is 2. The molecule has 0 aliphatic carbocycles. The van der Waals surface area contributed by atoms with Crippen molar-refractivity contribution in [3.05, 3.63) is 10.1 Å². The molecule has 0 aliphatic heterocycles. The van der Waals surface area contributed by atoms with Gasteiger partial charge in [0, 0.05) is 11.3 Å². The van der Waals surface area contributed by atoms with Crippen LogP contribution in [0.4, 0.5) is 8.78 Å². The number of carbonyl (C=O) groups is 1. The number of nitro groups is 1. The number of rotatable bonds is 7. The van der Waals surface area contributed by atoms with E-state index in [9.17, 15) is 23.7 Å². The molecule has 0 aliphatic rings. The fraction of sp³-hybridized carbons (Fsp3) is 0.889. The van der Waals surface area contributed by atoms with Crippen molar-refractivity contribution in [3.8, 4) is 0 Å². The van der Waals surface area contributed by atoms with Crippen molar-refractivity contribution in [1.82, 2.24) is 0 Å². The minimum absolute atomic E-state index is 0.0403. The van der Waals surface area contributed by atoms with Gasteiger partial charge in [0.15, 0.2) is 0 Å². The molecule has 0 aromatic heterocycles. The molecule has 0 fully saturated rings. The molecule has 0 spiro atoms. The summed E-state index contributed by atoms with van der Waals surface area (Å²) in [5.41, 5.74) is 0. The van der Waals surface area contributed by atoms with Gasteiger partial charge in [-0.15, -0.1) is 0 Å². The predicted octanol–water partition coefficient (Wildman–Crippen LogP) is 1.88. The molecular formula is C9H15F2NO4. The van der Waals surface area contributed by atoms with Gasteiger partial charge in [0.05, 0.1) is 18.9 Å². The van der Waals surface area contributed by atoms with Crippen LogP contribution < -0.4 is 0 Å². The lowest BCUT2D eigenvalue weighted by Crippen LogP contribution is -2.35. The predicted molar refractivity (Wildman–Crippen MR) is 51.8 cm³/mol. The fourth-order valence-corrected chi connectivity index (χ4v) is 1.41. The van der Waals surface area contributed by atoms with Crippen LogP contribution >= 0.6 is 0 Å². The molecule has 16 heavy (non-hydrogen) atoms. The van der Waals surface area contributed by atoms with Crippen LogP contribution in [0.3, 0.4) is 0 Å². The second-order valence-electron chi connectivity index (χ2n) is 3.27. The summed E-state index contributed by atoms with van der Waals surface area (Å²) in [7, 11) is 0. The zero-order valence-electron chi connectivity index (χ0n) is 9.19. The van der Waals surface area contributed by atoms with Gasteiger partial charge >= 0.3 is 5.97 Å². The van der Waals surface area contributed by atoms with E-state index in [4.69, 9.17) is 0 Å². The van der Waals surface area contributed by atoms with Crippen molar-refractivity contribution in [3.63, 3.8) is 0 Å². The first-order valence-electron chi connectivity index (χ1n) is 5.01. The first-order chi connectivity index (χ1) is 7.43. The highest BCUT2D eigenvalue weighted by Crippen LogP contribution is 2.23. The summed E-state index contributed by atoms with van der Waals surface area (Å²) in [6, 6.07) is -1.41. The van der Waals surface area contributed by atoms with E-state index < -0.39 is 35.7 Å². The molecule has 0 aromatic rings. The smallest absolute Gasteiger partial charge is 0.306 e. The number of nitrogens with zero attached hydrogens (tertiary/aromatic N) is 1. The molecule has 94 valence electrons. The first-order valence-corrected chi connectivity index (χ1v) is 5.01. The SMILES string of the molecule is CCOC(=O)CC(C(F)F)C(CC)[N+](=O)[O-]. The van der Waals surface area contributed by atoms with Crippen molar-refractivity contribution in [2.45, 2.75) is 39.2 Å². The quantitative estimate of drug-likeness (QED) is 0.386. The van der Waals surface area contributed by atoms with Gasteiger partial charge in [-0.1, -0.05) is 6.92 Å². The van der Waals surface area contributed by atoms with Gasteiger partial charge in [0.1, 0.15) is 0 Å². The molecule has 0 N–H and O–H groups in total. The summed E-state index contributed by atoms with van der Waals surface area (Å²) in [4.78, 5) is 20.8. The van der Waals surface area contributed by atoms with Crippen LogP contribution in [0.25, 0.3) is 0 Å². The van der Waals surface area contributed by atoms with E-state index in [-0.39, 0.29) is 13.0 Å². The van der Waals surface area contributed by atoms with Gasteiger partial charge in [0.25, 0.3) is 0 Å². The average Bonchev–Trinajstić information content (AvgIpc) is 2.17. The molecule has 0 amide bonds. The molecule has 0 aromatic carbocycles. The number of esters is 1. The molecule has 0 heterocycles. The van der Waals surface area contributed by atoms with Crippen molar-refractivity contribution in [1.29, 1.82) is 0 Å². The topological polar surface area (TPSA) is 69.4 Å². The zero-order valence-corrected chi connectivity index (χ0v) is 9.19. The molecule has 0 saturated heterocycles.